The highest BCUT2D eigenvalue weighted by Gasteiger charge is 2.04. The van der Waals surface area contributed by atoms with E-state index in [1.807, 2.05) is 32.0 Å². The molecule has 0 amide bonds. The van der Waals surface area contributed by atoms with Crippen molar-refractivity contribution in [1.29, 1.82) is 0 Å². The maximum atomic E-state index is 11.5. The van der Waals surface area contributed by atoms with E-state index in [0.717, 1.165) is 27.7 Å². The van der Waals surface area contributed by atoms with Crippen LogP contribution in [0.5, 0.6) is 0 Å². The predicted octanol–water partition coefficient (Wildman–Crippen LogP) is 3.07. The van der Waals surface area contributed by atoms with Crippen molar-refractivity contribution in [1.82, 2.24) is 9.97 Å². The van der Waals surface area contributed by atoms with Crippen LogP contribution in [0.1, 0.15) is 18.2 Å². The summed E-state index contributed by atoms with van der Waals surface area (Å²) in [6.07, 6.45) is 0.756. The van der Waals surface area contributed by atoms with Crippen molar-refractivity contribution in [2.24, 2.45) is 0 Å². The molecule has 1 N–H and O–H groups in total. The Labute approximate surface area is 108 Å². The van der Waals surface area contributed by atoms with E-state index in [2.05, 4.69) is 25.9 Å². The predicted molar refractivity (Wildman–Crippen MR) is 72.1 cm³/mol. The third-order valence-electron chi connectivity index (χ3n) is 2.59. The van der Waals surface area contributed by atoms with Crippen molar-refractivity contribution in [2.45, 2.75) is 20.3 Å². The van der Waals surface area contributed by atoms with E-state index in [9.17, 15) is 4.79 Å². The molecule has 2 aromatic rings. The summed E-state index contributed by atoms with van der Waals surface area (Å²) in [7, 11) is 0. The molecule has 1 aromatic heterocycles. The fourth-order valence-electron chi connectivity index (χ4n) is 1.62. The van der Waals surface area contributed by atoms with Crippen LogP contribution in [0, 0.1) is 6.92 Å². The molecule has 0 aliphatic carbocycles. The third-order valence-corrected chi connectivity index (χ3v) is 3.48. The highest BCUT2D eigenvalue weighted by Crippen LogP contribution is 2.22. The second-order valence-electron chi connectivity index (χ2n) is 3.90. The van der Waals surface area contributed by atoms with Gasteiger partial charge in [0, 0.05) is 21.8 Å². The van der Waals surface area contributed by atoms with Crippen LogP contribution in [0.15, 0.2) is 33.5 Å². The smallest absolute Gasteiger partial charge is 0.251 e. The highest BCUT2D eigenvalue weighted by molar-refractivity contribution is 9.10. The summed E-state index contributed by atoms with van der Waals surface area (Å²) >= 11 is 3.45. The molecule has 88 valence electrons. The summed E-state index contributed by atoms with van der Waals surface area (Å²) in [4.78, 5) is 18.7. The average molecular weight is 293 g/mol. The molecule has 0 saturated carbocycles. The molecule has 4 heteroatoms. The van der Waals surface area contributed by atoms with Crippen molar-refractivity contribution in [2.75, 3.05) is 0 Å². The molecule has 1 aromatic carbocycles. The lowest BCUT2D eigenvalue weighted by molar-refractivity contribution is 0.987. The Balaban J connectivity index is 2.55. The Hall–Kier alpha value is -1.42. The van der Waals surface area contributed by atoms with Crippen molar-refractivity contribution in [3.05, 3.63) is 50.3 Å². The van der Waals surface area contributed by atoms with Crippen LogP contribution < -0.4 is 5.56 Å². The van der Waals surface area contributed by atoms with Crippen LogP contribution in [-0.4, -0.2) is 9.97 Å². The van der Waals surface area contributed by atoms with Crippen LogP contribution in [-0.2, 0) is 6.42 Å². The second-order valence-corrected chi connectivity index (χ2v) is 4.76. The summed E-state index contributed by atoms with van der Waals surface area (Å²) in [6.45, 7) is 3.99. The number of hydrogen-bond acceptors (Lipinski definition) is 2. The van der Waals surface area contributed by atoms with Crippen molar-refractivity contribution in [3.63, 3.8) is 0 Å². The van der Waals surface area contributed by atoms with Gasteiger partial charge in [0.15, 0.2) is 0 Å². The summed E-state index contributed by atoms with van der Waals surface area (Å²) in [6, 6.07) is 7.44. The molecule has 0 aliphatic rings. The van der Waals surface area contributed by atoms with Crippen LogP contribution in [0.4, 0.5) is 0 Å². The first-order valence-corrected chi connectivity index (χ1v) is 6.26. The maximum Gasteiger partial charge on any atom is 0.251 e. The van der Waals surface area contributed by atoms with Crippen LogP contribution >= 0.6 is 15.9 Å². The monoisotopic (exact) mass is 292 g/mol. The number of aromatic nitrogens is 2. The van der Waals surface area contributed by atoms with E-state index in [4.69, 9.17) is 0 Å². The lowest BCUT2D eigenvalue weighted by atomic mass is 10.1. The number of nitrogens with zero attached hydrogens (tertiary/aromatic N) is 1. The SMILES string of the molecule is CCc1cc(=O)[nH]c(-c2ccc(Br)c(C)c2)n1. The second kappa shape index (κ2) is 4.84. The first-order chi connectivity index (χ1) is 8.10. The zero-order valence-electron chi connectivity index (χ0n) is 9.75. The normalized spacial score (nSPS) is 10.5. The molecule has 0 spiro atoms. The molecular weight excluding hydrogens is 280 g/mol. The summed E-state index contributed by atoms with van der Waals surface area (Å²) < 4.78 is 1.05. The highest BCUT2D eigenvalue weighted by atomic mass is 79.9. The minimum absolute atomic E-state index is 0.104. The Morgan fingerprint density at radius 1 is 1.35 bits per heavy atom. The maximum absolute atomic E-state index is 11.5. The van der Waals surface area contributed by atoms with E-state index >= 15 is 0 Å². The molecule has 17 heavy (non-hydrogen) atoms. The van der Waals surface area contributed by atoms with E-state index in [0.29, 0.717) is 5.82 Å². The zero-order chi connectivity index (χ0) is 12.4. The summed E-state index contributed by atoms with van der Waals surface area (Å²) in [5.74, 6) is 0.630. The molecule has 0 radical (unpaired) electrons. The van der Waals surface area contributed by atoms with Crippen molar-refractivity contribution < 1.29 is 0 Å². The Morgan fingerprint density at radius 2 is 2.12 bits per heavy atom. The largest absolute Gasteiger partial charge is 0.307 e. The van der Waals surface area contributed by atoms with Gasteiger partial charge in [0.05, 0.1) is 0 Å². The van der Waals surface area contributed by atoms with Gasteiger partial charge in [-0.2, -0.15) is 0 Å². The molecule has 0 atom stereocenters. The van der Waals surface area contributed by atoms with Crippen LogP contribution in [0.3, 0.4) is 0 Å². The van der Waals surface area contributed by atoms with Gasteiger partial charge >= 0.3 is 0 Å². The third kappa shape index (κ3) is 2.64. The molecule has 2 rings (SSSR count). The minimum Gasteiger partial charge on any atom is -0.307 e. The number of benzene rings is 1. The number of hydrogen-bond donors (Lipinski definition) is 1. The number of halogens is 1. The first-order valence-electron chi connectivity index (χ1n) is 5.47. The van der Waals surface area contributed by atoms with Crippen molar-refractivity contribution >= 4 is 15.9 Å². The Morgan fingerprint density at radius 3 is 2.76 bits per heavy atom. The van der Waals surface area contributed by atoms with E-state index in [1.54, 1.807) is 0 Å². The number of aryl methyl sites for hydroxylation is 2. The van der Waals surface area contributed by atoms with Gasteiger partial charge in [0.2, 0.25) is 0 Å². The van der Waals surface area contributed by atoms with Gasteiger partial charge in [-0.1, -0.05) is 28.9 Å². The van der Waals surface area contributed by atoms with Gasteiger partial charge in [-0.15, -0.1) is 0 Å². The molecular formula is C13H13BrN2O. The van der Waals surface area contributed by atoms with Crippen LogP contribution in [0.2, 0.25) is 0 Å². The fraction of sp³-hybridized carbons (Fsp3) is 0.231. The zero-order valence-corrected chi connectivity index (χ0v) is 11.3. The van der Waals surface area contributed by atoms with Crippen LogP contribution in [0.25, 0.3) is 11.4 Å². The lowest BCUT2D eigenvalue weighted by Gasteiger charge is -2.05. The topological polar surface area (TPSA) is 45.8 Å². The summed E-state index contributed by atoms with van der Waals surface area (Å²) in [5.41, 5.74) is 2.75. The standard InChI is InChI=1S/C13H13BrN2O/c1-3-10-7-12(17)16-13(15-10)9-4-5-11(14)8(2)6-9/h4-7H,3H2,1-2H3,(H,15,16,17). The fourth-order valence-corrected chi connectivity index (χ4v) is 1.86. The molecule has 3 nitrogen and oxygen atoms in total. The molecule has 1 heterocycles. The number of rotatable bonds is 2. The average Bonchev–Trinajstić information content (AvgIpc) is 2.32. The van der Waals surface area contributed by atoms with Gasteiger partial charge < -0.3 is 4.98 Å². The van der Waals surface area contributed by atoms with E-state index < -0.39 is 0 Å². The van der Waals surface area contributed by atoms with Gasteiger partial charge in [-0.05, 0) is 31.0 Å². The lowest BCUT2D eigenvalue weighted by Crippen LogP contribution is -2.09. The molecule has 0 aliphatic heterocycles. The van der Waals surface area contributed by atoms with Gasteiger partial charge in [0.1, 0.15) is 5.82 Å². The first kappa shape index (κ1) is 12.0. The number of nitrogens with one attached hydrogen (secondary N) is 1. The summed E-state index contributed by atoms with van der Waals surface area (Å²) in [5, 5.41) is 0. The Bertz CT molecular complexity index is 605. The number of aromatic amines is 1. The minimum atomic E-state index is -0.104. The van der Waals surface area contributed by atoms with Gasteiger partial charge in [0.25, 0.3) is 5.56 Å². The number of H-pyrrole nitrogens is 1. The molecule has 0 fully saturated rings. The molecule has 0 saturated heterocycles. The van der Waals surface area contributed by atoms with Gasteiger partial charge in [-0.3, -0.25) is 4.79 Å². The van der Waals surface area contributed by atoms with E-state index in [1.165, 1.54) is 6.07 Å². The Kier molecular flexibility index (Phi) is 3.43. The molecule has 0 bridgehead atoms. The molecule has 0 unspecified atom stereocenters. The van der Waals surface area contributed by atoms with Crippen molar-refractivity contribution in [3.8, 4) is 11.4 Å². The van der Waals surface area contributed by atoms with E-state index in [-0.39, 0.29) is 5.56 Å². The quantitative estimate of drug-likeness (QED) is 0.925. The van der Waals surface area contributed by atoms with Gasteiger partial charge in [-0.25, -0.2) is 4.98 Å².